The normalized spacial score (nSPS) is 17.8. The number of carbonyl (C=O) groups is 1. The fourth-order valence-electron chi connectivity index (χ4n) is 2.64. The van der Waals surface area contributed by atoms with Gasteiger partial charge in [0.25, 0.3) is 0 Å². The fraction of sp³-hybridized carbons (Fsp3) is 0.368. The minimum Gasteiger partial charge on any atom is -0.380 e. The number of aromatic nitrogens is 1. The van der Waals surface area contributed by atoms with Crippen LogP contribution in [-0.4, -0.2) is 30.5 Å². The number of pyridine rings is 1. The van der Waals surface area contributed by atoms with Gasteiger partial charge >= 0.3 is 0 Å². The molecule has 24 heavy (non-hydrogen) atoms. The van der Waals surface area contributed by atoms with Gasteiger partial charge in [-0.2, -0.15) is 0 Å². The largest absolute Gasteiger partial charge is 0.380 e. The van der Waals surface area contributed by atoms with Crippen LogP contribution in [0.5, 0.6) is 0 Å². The number of ether oxygens (including phenoxy) is 1. The molecule has 0 fully saturated rings. The zero-order valence-electron chi connectivity index (χ0n) is 14.3. The van der Waals surface area contributed by atoms with Crippen molar-refractivity contribution in [3.05, 3.63) is 58.0 Å². The molecular weight excluding hydrogens is 324 g/mol. The Balaban J connectivity index is 2.24. The number of carbonyl (C=O) groups excluding carboxylic acids is 1. The highest BCUT2D eigenvalue weighted by Gasteiger charge is 2.20. The summed E-state index contributed by atoms with van der Waals surface area (Å²) in [7, 11) is 1.66. The maximum atomic E-state index is 12.1. The lowest BCUT2D eigenvalue weighted by Crippen LogP contribution is -2.34. The molecule has 1 aliphatic heterocycles. The van der Waals surface area contributed by atoms with Crippen molar-refractivity contribution in [1.82, 2.24) is 10.3 Å². The highest BCUT2D eigenvalue weighted by molar-refractivity contribution is 6.29. The van der Waals surface area contributed by atoms with E-state index in [1.54, 1.807) is 19.4 Å². The molecule has 1 atom stereocenters. The number of Topliss-reactive ketones (excluding diaryl/α,β-unsaturated/α-hetero) is 1. The second-order valence-corrected chi connectivity index (χ2v) is 6.17. The Morgan fingerprint density at radius 2 is 2.25 bits per heavy atom. The highest BCUT2D eigenvalue weighted by Crippen LogP contribution is 2.25. The Hall–Kier alpha value is -1.91. The van der Waals surface area contributed by atoms with Crippen LogP contribution in [0, 0.1) is 0 Å². The van der Waals surface area contributed by atoms with Gasteiger partial charge in [0.15, 0.2) is 5.78 Å². The molecule has 128 valence electrons. The molecular formula is C19H23ClN2O2. The van der Waals surface area contributed by atoms with Crippen LogP contribution in [0.2, 0.25) is 5.15 Å². The molecule has 5 heteroatoms. The van der Waals surface area contributed by atoms with Gasteiger partial charge in [0.1, 0.15) is 11.2 Å². The minimum atomic E-state index is -0.241. The molecule has 1 aromatic rings. The topological polar surface area (TPSA) is 51.2 Å². The molecule has 0 spiro atoms. The quantitative estimate of drug-likeness (QED) is 0.760. The number of dihydropyridines is 1. The summed E-state index contributed by atoms with van der Waals surface area (Å²) in [6, 6.07) is 3.43. The lowest BCUT2D eigenvalue weighted by atomic mass is 9.93. The third kappa shape index (κ3) is 4.79. The van der Waals surface area contributed by atoms with Crippen molar-refractivity contribution in [2.24, 2.45) is 0 Å². The first-order valence-electron chi connectivity index (χ1n) is 8.04. The number of rotatable bonds is 7. The number of nitrogens with zero attached hydrogens (tertiary/aromatic N) is 1. The van der Waals surface area contributed by atoms with Gasteiger partial charge in [-0.25, -0.2) is 4.98 Å². The predicted octanol–water partition coefficient (Wildman–Crippen LogP) is 3.94. The van der Waals surface area contributed by atoms with Gasteiger partial charge in [0.05, 0.1) is 6.61 Å². The lowest BCUT2D eigenvalue weighted by molar-refractivity contribution is -0.119. The number of methoxy groups -OCH3 is 1. The first kappa shape index (κ1) is 18.4. The van der Waals surface area contributed by atoms with E-state index in [2.05, 4.69) is 10.3 Å². The van der Waals surface area contributed by atoms with Crippen molar-refractivity contribution in [3.63, 3.8) is 0 Å². The third-order valence-electron chi connectivity index (χ3n) is 3.83. The van der Waals surface area contributed by atoms with Crippen molar-refractivity contribution < 1.29 is 9.53 Å². The van der Waals surface area contributed by atoms with E-state index in [0.29, 0.717) is 18.2 Å². The molecule has 0 saturated heterocycles. The van der Waals surface area contributed by atoms with Gasteiger partial charge in [-0.15, -0.1) is 0 Å². The summed E-state index contributed by atoms with van der Waals surface area (Å²) in [6.45, 7) is 4.50. The van der Waals surface area contributed by atoms with Gasteiger partial charge < -0.3 is 10.1 Å². The van der Waals surface area contributed by atoms with Crippen molar-refractivity contribution >= 4 is 23.5 Å². The molecule has 1 aliphatic rings. The number of halogens is 1. The van der Waals surface area contributed by atoms with E-state index in [-0.39, 0.29) is 11.8 Å². The summed E-state index contributed by atoms with van der Waals surface area (Å²) in [5, 5.41) is 3.66. The Labute approximate surface area is 148 Å². The molecule has 2 heterocycles. The molecule has 0 radical (unpaired) electrons. The van der Waals surface area contributed by atoms with Crippen LogP contribution in [-0.2, 0) is 9.53 Å². The molecule has 4 nitrogen and oxygen atoms in total. The Bertz CT molecular complexity index is 675. The van der Waals surface area contributed by atoms with Crippen LogP contribution in [0.15, 0.2) is 47.3 Å². The van der Waals surface area contributed by atoms with E-state index in [9.17, 15) is 4.79 Å². The summed E-state index contributed by atoms with van der Waals surface area (Å²) >= 11 is 5.83. The average molecular weight is 347 g/mol. The molecule has 0 amide bonds. The van der Waals surface area contributed by atoms with E-state index in [1.807, 2.05) is 38.3 Å². The van der Waals surface area contributed by atoms with Crippen LogP contribution < -0.4 is 5.32 Å². The van der Waals surface area contributed by atoms with E-state index in [1.165, 1.54) is 0 Å². The molecule has 1 aromatic heterocycles. The van der Waals surface area contributed by atoms with Gasteiger partial charge in [0, 0.05) is 25.9 Å². The SMILES string of the molecule is CCCC(=O)C1C=C(C)C(/C(=C/c2ccc(Cl)nc2)COC)=CN1. The zero-order valence-corrected chi connectivity index (χ0v) is 15.1. The predicted molar refractivity (Wildman–Crippen MR) is 97.8 cm³/mol. The molecule has 0 aliphatic carbocycles. The van der Waals surface area contributed by atoms with Crippen LogP contribution in [0.25, 0.3) is 6.08 Å². The summed E-state index contributed by atoms with van der Waals surface area (Å²) < 4.78 is 5.34. The van der Waals surface area contributed by atoms with Gasteiger partial charge in [-0.3, -0.25) is 4.79 Å². The van der Waals surface area contributed by atoms with E-state index in [4.69, 9.17) is 16.3 Å². The van der Waals surface area contributed by atoms with Crippen LogP contribution in [0.4, 0.5) is 0 Å². The Kier molecular flexibility index (Phi) is 6.76. The Morgan fingerprint density at radius 1 is 1.46 bits per heavy atom. The van der Waals surface area contributed by atoms with Gasteiger partial charge in [0.2, 0.25) is 0 Å². The molecule has 0 saturated carbocycles. The first-order valence-corrected chi connectivity index (χ1v) is 8.42. The van der Waals surface area contributed by atoms with E-state index < -0.39 is 0 Å². The first-order chi connectivity index (χ1) is 11.5. The van der Waals surface area contributed by atoms with E-state index >= 15 is 0 Å². The number of allylic oxidation sites excluding steroid dienone is 1. The molecule has 0 aromatic carbocycles. The maximum absolute atomic E-state index is 12.1. The minimum absolute atomic E-state index is 0.214. The van der Waals surface area contributed by atoms with Crippen molar-refractivity contribution in [1.29, 1.82) is 0 Å². The highest BCUT2D eigenvalue weighted by atomic mass is 35.5. The molecule has 2 rings (SSSR count). The zero-order chi connectivity index (χ0) is 17.5. The van der Waals surface area contributed by atoms with Crippen LogP contribution in [0.3, 0.4) is 0 Å². The fourth-order valence-corrected chi connectivity index (χ4v) is 2.75. The monoisotopic (exact) mass is 346 g/mol. The number of nitrogens with one attached hydrogen (secondary N) is 1. The summed E-state index contributed by atoms with van der Waals surface area (Å²) in [5.41, 5.74) is 4.06. The Morgan fingerprint density at radius 3 is 2.83 bits per heavy atom. The van der Waals surface area contributed by atoms with Gasteiger partial charge in [-0.05, 0) is 47.8 Å². The van der Waals surface area contributed by atoms with Crippen LogP contribution >= 0.6 is 11.6 Å². The summed E-state index contributed by atoms with van der Waals surface area (Å²) in [6.07, 6.45) is 9.08. The smallest absolute Gasteiger partial charge is 0.158 e. The van der Waals surface area contributed by atoms with Gasteiger partial charge in [-0.1, -0.05) is 30.7 Å². The van der Waals surface area contributed by atoms with Crippen molar-refractivity contribution in [3.8, 4) is 0 Å². The summed E-state index contributed by atoms with van der Waals surface area (Å²) in [4.78, 5) is 16.2. The molecule has 1 unspecified atom stereocenters. The molecule has 0 bridgehead atoms. The van der Waals surface area contributed by atoms with Crippen molar-refractivity contribution in [2.45, 2.75) is 32.7 Å². The molecule has 1 N–H and O–H groups in total. The third-order valence-corrected chi connectivity index (χ3v) is 4.05. The number of hydrogen-bond acceptors (Lipinski definition) is 4. The second-order valence-electron chi connectivity index (χ2n) is 5.79. The van der Waals surface area contributed by atoms with E-state index in [0.717, 1.165) is 28.7 Å². The maximum Gasteiger partial charge on any atom is 0.158 e. The van der Waals surface area contributed by atoms with Crippen molar-refractivity contribution in [2.75, 3.05) is 13.7 Å². The average Bonchev–Trinajstić information content (AvgIpc) is 2.56. The number of ketones is 1. The lowest BCUT2D eigenvalue weighted by Gasteiger charge is -2.23. The number of hydrogen-bond donors (Lipinski definition) is 1. The van der Waals surface area contributed by atoms with Crippen LogP contribution in [0.1, 0.15) is 32.3 Å². The standard InChI is InChI=1S/C19H23ClN2O2/c1-4-5-18(23)17-8-13(2)16(11-21-17)15(12-24-3)9-14-6-7-19(20)22-10-14/h6-11,17,21H,4-5,12H2,1-3H3/b15-9+. The summed E-state index contributed by atoms with van der Waals surface area (Å²) in [5.74, 6) is 0.214. The second kappa shape index (κ2) is 8.81.